The minimum Gasteiger partial charge on any atom is -0.466 e. The minimum absolute atomic E-state index is 0.120. The molecule has 1 spiro atoms. The molecule has 2 aliphatic rings. The van der Waals surface area contributed by atoms with Crippen LogP contribution in [0.15, 0.2) is 30.3 Å². The number of hydrogen-bond acceptors (Lipinski definition) is 2. The highest BCUT2D eigenvalue weighted by Crippen LogP contribution is 2.74. The highest BCUT2D eigenvalue weighted by molar-refractivity contribution is 6.49. The van der Waals surface area contributed by atoms with E-state index in [4.69, 9.17) is 16.3 Å². The van der Waals surface area contributed by atoms with Crippen LogP contribution in [0, 0.1) is 11.3 Å². The van der Waals surface area contributed by atoms with Gasteiger partial charge in [-0.25, -0.2) is 0 Å². The normalized spacial score (nSPS) is 29.9. The first kappa shape index (κ1) is 12.7. The van der Waals surface area contributed by atoms with Crippen molar-refractivity contribution in [2.75, 3.05) is 6.61 Å². The Balaban J connectivity index is 2.10. The highest BCUT2D eigenvalue weighted by Gasteiger charge is 2.76. The number of allylic oxidation sites excluding steroid dienone is 1. The number of halogens is 1. The number of rotatable bonds is 2. The fourth-order valence-corrected chi connectivity index (χ4v) is 4.02. The lowest BCUT2D eigenvalue weighted by Gasteiger charge is -2.13. The van der Waals surface area contributed by atoms with Gasteiger partial charge in [-0.1, -0.05) is 55.8 Å². The van der Waals surface area contributed by atoms with Crippen LogP contribution >= 0.6 is 11.6 Å². The maximum Gasteiger partial charge on any atom is 0.310 e. The first-order chi connectivity index (χ1) is 8.96. The molecular weight excluding hydrogens is 260 g/mol. The van der Waals surface area contributed by atoms with Crippen LogP contribution < -0.4 is 0 Å². The quantitative estimate of drug-likeness (QED) is 0.769. The Bertz CT molecular complexity index is 588. The maximum absolute atomic E-state index is 12.2. The summed E-state index contributed by atoms with van der Waals surface area (Å²) in [7, 11) is 0. The van der Waals surface area contributed by atoms with Gasteiger partial charge in [0.25, 0.3) is 0 Å². The minimum atomic E-state index is -0.285. The number of hydrogen-bond donors (Lipinski definition) is 0. The molecule has 0 aliphatic heterocycles. The predicted octanol–water partition coefficient (Wildman–Crippen LogP) is 3.74. The van der Waals surface area contributed by atoms with Gasteiger partial charge >= 0.3 is 5.97 Å². The van der Waals surface area contributed by atoms with E-state index in [0.29, 0.717) is 6.61 Å². The second-order valence-electron chi connectivity index (χ2n) is 5.81. The van der Waals surface area contributed by atoms with Gasteiger partial charge in [-0.2, -0.15) is 0 Å². The smallest absolute Gasteiger partial charge is 0.310 e. The lowest BCUT2D eigenvalue weighted by Crippen LogP contribution is -2.14. The molecule has 0 heterocycles. The molecular formula is C16H17ClO2. The van der Waals surface area contributed by atoms with Crippen LogP contribution in [0.3, 0.4) is 0 Å². The Morgan fingerprint density at radius 2 is 2.05 bits per heavy atom. The van der Waals surface area contributed by atoms with Crippen LogP contribution in [-0.2, 0) is 14.9 Å². The zero-order chi connectivity index (χ0) is 13.8. The van der Waals surface area contributed by atoms with Gasteiger partial charge in [-0.05, 0) is 23.5 Å². The molecule has 100 valence electrons. The summed E-state index contributed by atoms with van der Waals surface area (Å²) in [5.74, 6) is -0.262. The number of ether oxygens (including phenoxy) is 1. The largest absolute Gasteiger partial charge is 0.466 e. The summed E-state index contributed by atoms with van der Waals surface area (Å²) < 4.78 is 5.23. The van der Waals surface area contributed by atoms with E-state index in [2.05, 4.69) is 19.9 Å². The van der Waals surface area contributed by atoms with Crippen molar-refractivity contribution < 1.29 is 9.53 Å². The number of carbonyl (C=O) groups excluding carboxylic acids is 1. The molecule has 2 nitrogen and oxygen atoms in total. The number of esters is 1. The van der Waals surface area contributed by atoms with Crippen molar-refractivity contribution in [2.45, 2.75) is 26.2 Å². The standard InChI is InChI=1S/C16H17ClO2/c1-4-19-14(18)13-15(2,3)16(13)9-12(17)10-7-5-6-8-11(10)16/h5-9,13H,4H2,1-3H3. The highest BCUT2D eigenvalue weighted by atomic mass is 35.5. The Morgan fingerprint density at radius 1 is 1.37 bits per heavy atom. The average Bonchev–Trinajstić information content (AvgIpc) is 2.69. The van der Waals surface area contributed by atoms with Crippen molar-refractivity contribution in [1.82, 2.24) is 0 Å². The van der Waals surface area contributed by atoms with E-state index in [-0.39, 0.29) is 22.7 Å². The van der Waals surface area contributed by atoms with Crippen molar-refractivity contribution in [3.05, 3.63) is 41.5 Å². The van der Waals surface area contributed by atoms with Crippen molar-refractivity contribution in [3.8, 4) is 0 Å². The van der Waals surface area contributed by atoms with Crippen molar-refractivity contribution >= 4 is 22.6 Å². The van der Waals surface area contributed by atoms with Gasteiger partial charge in [-0.15, -0.1) is 0 Å². The molecule has 2 aliphatic carbocycles. The number of fused-ring (bicyclic) bond motifs is 2. The molecule has 3 heteroatoms. The molecule has 0 aromatic heterocycles. The number of benzene rings is 1. The summed E-state index contributed by atoms with van der Waals surface area (Å²) in [6, 6.07) is 8.06. The van der Waals surface area contributed by atoms with Gasteiger partial charge in [0.1, 0.15) is 0 Å². The van der Waals surface area contributed by atoms with E-state index >= 15 is 0 Å². The van der Waals surface area contributed by atoms with Gasteiger partial charge in [0.05, 0.1) is 12.5 Å². The van der Waals surface area contributed by atoms with Gasteiger partial charge < -0.3 is 4.74 Å². The van der Waals surface area contributed by atoms with Crippen LogP contribution in [0.5, 0.6) is 0 Å². The SMILES string of the molecule is CCOC(=O)C1C(C)(C)C12C=C(Cl)c1ccccc12. The molecule has 2 unspecified atom stereocenters. The summed E-state index contributed by atoms with van der Waals surface area (Å²) in [5.41, 5.74) is 1.77. The molecule has 0 saturated heterocycles. The third kappa shape index (κ3) is 1.41. The molecule has 1 aromatic carbocycles. The van der Waals surface area contributed by atoms with Crippen molar-refractivity contribution in [1.29, 1.82) is 0 Å². The topological polar surface area (TPSA) is 26.3 Å². The van der Waals surface area contributed by atoms with E-state index < -0.39 is 0 Å². The third-order valence-corrected chi connectivity index (χ3v) is 4.98. The zero-order valence-electron chi connectivity index (χ0n) is 11.4. The summed E-state index contributed by atoms with van der Waals surface area (Å²) >= 11 is 6.35. The Hall–Kier alpha value is -1.28. The third-order valence-electron chi connectivity index (χ3n) is 4.67. The van der Waals surface area contributed by atoms with E-state index in [0.717, 1.165) is 16.2 Å². The van der Waals surface area contributed by atoms with Crippen molar-refractivity contribution in [3.63, 3.8) is 0 Å². The second kappa shape index (κ2) is 3.86. The predicted molar refractivity (Wildman–Crippen MR) is 75.9 cm³/mol. The maximum atomic E-state index is 12.2. The van der Waals surface area contributed by atoms with Gasteiger partial charge in [0, 0.05) is 10.4 Å². The molecule has 0 bridgehead atoms. The molecule has 1 saturated carbocycles. The lowest BCUT2D eigenvalue weighted by molar-refractivity contribution is -0.145. The fourth-order valence-electron chi connectivity index (χ4n) is 3.68. The molecule has 0 N–H and O–H groups in total. The summed E-state index contributed by atoms with van der Waals surface area (Å²) in [6.45, 7) is 6.47. The summed E-state index contributed by atoms with van der Waals surface area (Å²) in [5, 5.41) is 0.746. The molecule has 2 atom stereocenters. The molecule has 0 radical (unpaired) electrons. The Morgan fingerprint density at radius 3 is 2.74 bits per heavy atom. The molecule has 1 fully saturated rings. The van der Waals surface area contributed by atoms with Crippen LogP contribution in [0.4, 0.5) is 0 Å². The van der Waals surface area contributed by atoms with Crippen LogP contribution in [0.25, 0.3) is 5.03 Å². The number of carbonyl (C=O) groups is 1. The van der Waals surface area contributed by atoms with E-state index in [9.17, 15) is 4.79 Å². The fraction of sp³-hybridized carbons (Fsp3) is 0.438. The lowest BCUT2D eigenvalue weighted by atomic mass is 9.90. The molecule has 3 rings (SSSR count). The summed E-state index contributed by atoms with van der Waals surface area (Å²) in [6.07, 6.45) is 2.04. The van der Waals surface area contributed by atoms with Gasteiger partial charge in [-0.3, -0.25) is 4.79 Å². The first-order valence-corrected chi connectivity index (χ1v) is 6.99. The van der Waals surface area contributed by atoms with Gasteiger partial charge in [0.15, 0.2) is 0 Å². The second-order valence-corrected chi connectivity index (χ2v) is 6.22. The first-order valence-electron chi connectivity index (χ1n) is 6.61. The Labute approximate surface area is 118 Å². The Kier molecular flexibility index (Phi) is 2.59. The van der Waals surface area contributed by atoms with Crippen LogP contribution in [0.2, 0.25) is 0 Å². The monoisotopic (exact) mass is 276 g/mol. The van der Waals surface area contributed by atoms with Crippen LogP contribution in [0.1, 0.15) is 31.9 Å². The molecule has 1 aromatic rings. The molecule has 19 heavy (non-hydrogen) atoms. The average molecular weight is 277 g/mol. The molecule has 0 amide bonds. The van der Waals surface area contributed by atoms with E-state index in [1.54, 1.807) is 0 Å². The summed E-state index contributed by atoms with van der Waals surface area (Å²) in [4.78, 5) is 12.2. The van der Waals surface area contributed by atoms with E-state index in [1.165, 1.54) is 0 Å². The van der Waals surface area contributed by atoms with E-state index in [1.807, 2.05) is 31.2 Å². The zero-order valence-corrected chi connectivity index (χ0v) is 12.1. The van der Waals surface area contributed by atoms with Crippen LogP contribution in [-0.4, -0.2) is 12.6 Å². The van der Waals surface area contributed by atoms with Crippen molar-refractivity contribution in [2.24, 2.45) is 11.3 Å². The van der Waals surface area contributed by atoms with Gasteiger partial charge in [0.2, 0.25) is 0 Å².